The van der Waals surface area contributed by atoms with E-state index in [-0.39, 0.29) is 17.4 Å². The number of aromatic nitrogens is 4. The molecular formula is C13H15BrN6O2S. The number of amides is 1. The lowest BCUT2D eigenvalue weighted by atomic mass is 9.96. The van der Waals surface area contributed by atoms with Crippen LogP contribution in [-0.4, -0.2) is 39.0 Å². The maximum absolute atomic E-state index is 12.2. The lowest BCUT2D eigenvalue weighted by Crippen LogP contribution is -2.39. The van der Waals surface area contributed by atoms with Crippen molar-refractivity contribution in [2.45, 2.75) is 12.8 Å². The molecule has 0 radical (unpaired) electrons. The van der Waals surface area contributed by atoms with Crippen molar-refractivity contribution in [2.24, 2.45) is 13.0 Å². The fourth-order valence-corrected chi connectivity index (χ4v) is 3.60. The summed E-state index contributed by atoms with van der Waals surface area (Å²) in [6.45, 7) is 1.39. The van der Waals surface area contributed by atoms with Crippen molar-refractivity contribution in [3.63, 3.8) is 0 Å². The van der Waals surface area contributed by atoms with Crippen LogP contribution in [0.5, 0.6) is 0 Å². The summed E-state index contributed by atoms with van der Waals surface area (Å²) >= 11 is 4.64. The van der Waals surface area contributed by atoms with Crippen molar-refractivity contribution in [1.29, 1.82) is 0 Å². The third-order valence-electron chi connectivity index (χ3n) is 3.86. The van der Waals surface area contributed by atoms with E-state index in [1.165, 1.54) is 16.0 Å². The van der Waals surface area contributed by atoms with Gasteiger partial charge < -0.3 is 10.2 Å². The number of nitrogens with zero attached hydrogens (tertiary/aromatic N) is 5. The van der Waals surface area contributed by atoms with E-state index in [2.05, 4.69) is 41.4 Å². The van der Waals surface area contributed by atoms with Crippen LogP contribution in [0.4, 0.5) is 10.8 Å². The minimum absolute atomic E-state index is 0.0254. The number of piperidine rings is 1. The van der Waals surface area contributed by atoms with Gasteiger partial charge in [-0.05, 0) is 28.8 Å². The predicted octanol–water partition coefficient (Wildman–Crippen LogP) is 1.25. The van der Waals surface area contributed by atoms with Crippen molar-refractivity contribution in [3.05, 3.63) is 26.5 Å². The molecule has 23 heavy (non-hydrogen) atoms. The van der Waals surface area contributed by atoms with E-state index in [0.29, 0.717) is 35.5 Å². The molecule has 1 N–H and O–H groups in total. The molecule has 0 spiro atoms. The minimum atomic E-state index is -0.168. The molecule has 0 bridgehead atoms. The summed E-state index contributed by atoms with van der Waals surface area (Å²) in [5, 5.41) is 14.9. The number of hydrogen-bond donors (Lipinski definition) is 1. The average molecular weight is 399 g/mol. The zero-order valence-corrected chi connectivity index (χ0v) is 14.8. The Morgan fingerprint density at radius 1 is 1.43 bits per heavy atom. The number of carbonyl (C=O) groups excluding carboxylic acids is 1. The largest absolute Gasteiger partial charge is 0.369 e. The van der Waals surface area contributed by atoms with Crippen LogP contribution in [0.15, 0.2) is 21.0 Å². The summed E-state index contributed by atoms with van der Waals surface area (Å²) in [5.41, 5.74) is 2.19. The first-order valence-corrected chi connectivity index (χ1v) is 8.77. The first kappa shape index (κ1) is 16.1. The number of carbonyl (C=O) groups is 1. The first-order chi connectivity index (χ1) is 11.1. The Labute approximate surface area is 144 Å². The van der Waals surface area contributed by atoms with E-state index in [4.69, 9.17) is 0 Å². The Kier molecular flexibility index (Phi) is 4.71. The Balaban J connectivity index is 1.63. The third-order valence-corrected chi connectivity index (χ3v) is 5.21. The van der Waals surface area contributed by atoms with E-state index in [0.717, 1.165) is 5.69 Å². The molecule has 10 heteroatoms. The van der Waals surface area contributed by atoms with Gasteiger partial charge in [-0.3, -0.25) is 9.59 Å². The van der Waals surface area contributed by atoms with E-state index in [1.54, 1.807) is 18.8 Å². The molecule has 1 aliphatic rings. The Hall–Kier alpha value is -1.81. The highest BCUT2D eigenvalue weighted by Gasteiger charge is 2.27. The van der Waals surface area contributed by atoms with E-state index in [9.17, 15) is 9.59 Å². The molecule has 0 saturated carbocycles. The van der Waals surface area contributed by atoms with Crippen LogP contribution in [0.25, 0.3) is 0 Å². The van der Waals surface area contributed by atoms with Crippen molar-refractivity contribution < 1.29 is 4.79 Å². The first-order valence-electron chi connectivity index (χ1n) is 7.10. The summed E-state index contributed by atoms with van der Waals surface area (Å²) in [4.78, 5) is 26.2. The number of halogens is 1. The van der Waals surface area contributed by atoms with Crippen LogP contribution >= 0.6 is 27.3 Å². The molecule has 2 aromatic heterocycles. The number of nitrogens with one attached hydrogen (secondary N) is 1. The van der Waals surface area contributed by atoms with Crippen LogP contribution in [0.3, 0.4) is 0 Å². The maximum Gasteiger partial charge on any atom is 0.282 e. The second-order valence-corrected chi connectivity index (χ2v) is 6.89. The topological polar surface area (TPSA) is 93.0 Å². The van der Waals surface area contributed by atoms with E-state index >= 15 is 0 Å². The van der Waals surface area contributed by atoms with Crippen molar-refractivity contribution in [2.75, 3.05) is 23.3 Å². The summed E-state index contributed by atoms with van der Waals surface area (Å²) in [6.07, 6.45) is 3.10. The van der Waals surface area contributed by atoms with Crippen LogP contribution in [0.1, 0.15) is 12.8 Å². The van der Waals surface area contributed by atoms with Gasteiger partial charge in [0.2, 0.25) is 11.0 Å². The van der Waals surface area contributed by atoms with Gasteiger partial charge in [0.25, 0.3) is 5.56 Å². The maximum atomic E-state index is 12.2. The van der Waals surface area contributed by atoms with E-state index in [1.807, 2.05) is 0 Å². The average Bonchev–Trinajstić information content (AvgIpc) is 3.06. The van der Waals surface area contributed by atoms with Crippen molar-refractivity contribution in [1.82, 2.24) is 20.0 Å². The molecule has 0 unspecified atom stereocenters. The highest BCUT2D eigenvalue weighted by atomic mass is 79.9. The normalized spacial score (nSPS) is 15.7. The molecule has 1 fully saturated rings. The predicted molar refractivity (Wildman–Crippen MR) is 90.7 cm³/mol. The number of hydrogen-bond acceptors (Lipinski definition) is 7. The summed E-state index contributed by atoms with van der Waals surface area (Å²) in [5.74, 6) is -0.0870. The molecule has 3 rings (SSSR count). The molecule has 1 saturated heterocycles. The van der Waals surface area contributed by atoms with Crippen LogP contribution in [0, 0.1) is 5.92 Å². The second kappa shape index (κ2) is 6.75. The Morgan fingerprint density at radius 2 is 2.17 bits per heavy atom. The molecule has 8 nitrogen and oxygen atoms in total. The lowest BCUT2D eigenvalue weighted by Gasteiger charge is -2.33. The monoisotopic (exact) mass is 398 g/mol. The van der Waals surface area contributed by atoms with Gasteiger partial charge >= 0.3 is 0 Å². The SMILES string of the molecule is Cn1ncc(N2CCC(C(=O)Nc3nncs3)CC2)c(Br)c1=O. The third kappa shape index (κ3) is 3.42. The van der Waals surface area contributed by atoms with E-state index < -0.39 is 0 Å². The highest BCUT2D eigenvalue weighted by Crippen LogP contribution is 2.27. The molecule has 3 heterocycles. The Bertz CT molecular complexity index is 754. The number of rotatable bonds is 3. The van der Waals surface area contributed by atoms with Crippen molar-refractivity contribution in [3.8, 4) is 0 Å². The molecule has 1 amide bonds. The second-order valence-electron chi connectivity index (χ2n) is 5.27. The smallest absolute Gasteiger partial charge is 0.282 e. The molecule has 0 aliphatic carbocycles. The van der Waals surface area contributed by atoms with Crippen LogP contribution in [-0.2, 0) is 11.8 Å². The molecule has 2 aromatic rings. The number of anilines is 2. The standard InChI is InChI=1S/C13H15BrN6O2S/c1-19-12(22)10(14)9(6-16-19)20-4-2-8(3-5-20)11(21)17-13-18-15-7-23-13/h6-8H,2-5H2,1H3,(H,17,18,21). The van der Waals surface area contributed by atoms with Gasteiger partial charge in [0, 0.05) is 26.1 Å². The lowest BCUT2D eigenvalue weighted by molar-refractivity contribution is -0.120. The zero-order valence-electron chi connectivity index (χ0n) is 12.4. The van der Waals surface area contributed by atoms with Gasteiger partial charge in [-0.25, -0.2) is 4.68 Å². The quantitative estimate of drug-likeness (QED) is 0.835. The molecule has 0 atom stereocenters. The zero-order chi connectivity index (χ0) is 16.4. The van der Waals surface area contributed by atoms with Gasteiger partial charge in [-0.15, -0.1) is 10.2 Å². The molecule has 1 aliphatic heterocycles. The van der Waals surface area contributed by atoms with Gasteiger partial charge in [0.1, 0.15) is 9.98 Å². The number of aryl methyl sites for hydroxylation is 1. The van der Waals surface area contributed by atoms with Crippen molar-refractivity contribution >= 4 is 44.0 Å². The fourth-order valence-electron chi connectivity index (χ4n) is 2.54. The molecule has 0 aromatic carbocycles. The van der Waals surface area contributed by atoms with Gasteiger partial charge in [0.05, 0.1) is 11.9 Å². The summed E-state index contributed by atoms with van der Waals surface area (Å²) in [7, 11) is 1.61. The van der Waals surface area contributed by atoms with Gasteiger partial charge in [-0.2, -0.15) is 5.10 Å². The highest BCUT2D eigenvalue weighted by molar-refractivity contribution is 9.10. The van der Waals surface area contributed by atoms with Crippen LogP contribution < -0.4 is 15.8 Å². The molecular weight excluding hydrogens is 384 g/mol. The van der Waals surface area contributed by atoms with Gasteiger partial charge in [-0.1, -0.05) is 11.3 Å². The molecule has 122 valence electrons. The van der Waals surface area contributed by atoms with Crippen LogP contribution in [0.2, 0.25) is 0 Å². The minimum Gasteiger partial charge on any atom is -0.369 e. The summed E-state index contributed by atoms with van der Waals surface area (Å²) in [6, 6.07) is 0. The summed E-state index contributed by atoms with van der Waals surface area (Å²) < 4.78 is 1.79. The van der Waals surface area contributed by atoms with Gasteiger partial charge in [0.15, 0.2) is 0 Å². The Morgan fingerprint density at radius 3 is 2.83 bits per heavy atom. The fraction of sp³-hybridized carbons (Fsp3) is 0.462.